The van der Waals surface area contributed by atoms with Gasteiger partial charge in [-0.2, -0.15) is 23.5 Å². The average Bonchev–Trinajstić information content (AvgIpc) is 3.23. The van der Waals surface area contributed by atoms with Crippen LogP contribution in [0.15, 0.2) is 35.5 Å². The molecule has 0 bridgehead atoms. The number of aromatic nitrogens is 2. The number of sulfone groups is 1. The zero-order valence-electron chi connectivity index (χ0n) is 20.2. The molecule has 3 aliphatic rings. The highest BCUT2D eigenvalue weighted by Gasteiger charge is 2.51. The van der Waals surface area contributed by atoms with Crippen molar-refractivity contribution in [1.29, 1.82) is 5.26 Å². The molecule has 1 amide bonds. The summed E-state index contributed by atoms with van der Waals surface area (Å²) < 4.78 is 77.1. The van der Waals surface area contributed by atoms with Crippen LogP contribution in [0.25, 0.3) is 11.1 Å². The van der Waals surface area contributed by atoms with Gasteiger partial charge in [-0.1, -0.05) is 6.07 Å². The van der Waals surface area contributed by atoms with Crippen LogP contribution in [0.1, 0.15) is 50.5 Å². The van der Waals surface area contributed by atoms with Crippen LogP contribution in [0.2, 0.25) is 0 Å². The number of ether oxygens (including phenoxy) is 1. The molecule has 0 spiro atoms. The number of hydrogen-bond acceptors (Lipinski definition) is 6. The largest absolute Gasteiger partial charge is 0.417 e. The van der Waals surface area contributed by atoms with Gasteiger partial charge in [0.1, 0.15) is 5.54 Å². The molecule has 0 saturated heterocycles. The standard InChI is InChI=1S/C25H27F3N4O4S/c1-32-13-16(12-30-32)15-5-6-22(20(9-15)25(26,27)28)37(34,35)18-10-19(21(11-18)36-17-3-2-4-17)23(33)31-24(14-29)7-8-24/h5-6,9,12-13,17-19,21H,2-4,7-8,10-11H2,1H3,(H,31,33)/t18-,19-,21-/m1/s1. The third kappa shape index (κ3) is 4.99. The van der Waals surface area contributed by atoms with Crippen molar-refractivity contribution in [2.24, 2.45) is 13.0 Å². The van der Waals surface area contributed by atoms with E-state index in [4.69, 9.17) is 4.74 Å². The SMILES string of the molecule is Cn1cc(-c2ccc(S(=O)(=O)[C@H]3C[C@@H](OC4CCC4)[C@H](C(=O)NC4(C#N)CC4)C3)c(C(F)(F)F)c2)cn1. The van der Waals surface area contributed by atoms with Crippen molar-refractivity contribution in [3.63, 3.8) is 0 Å². The molecule has 2 aromatic rings. The molecular weight excluding hydrogens is 509 g/mol. The van der Waals surface area contributed by atoms with Crippen LogP contribution in [0, 0.1) is 17.2 Å². The molecule has 5 rings (SSSR count). The van der Waals surface area contributed by atoms with Crippen LogP contribution in [0.3, 0.4) is 0 Å². The van der Waals surface area contributed by atoms with Crippen LogP contribution in [-0.2, 0) is 32.6 Å². The molecule has 0 aliphatic heterocycles. The van der Waals surface area contributed by atoms with E-state index >= 15 is 0 Å². The van der Waals surface area contributed by atoms with Crippen LogP contribution >= 0.6 is 0 Å². The predicted molar refractivity (Wildman–Crippen MR) is 126 cm³/mol. The lowest BCUT2D eigenvalue weighted by Gasteiger charge is -2.31. The fourth-order valence-corrected chi connectivity index (χ4v) is 7.04. The van der Waals surface area contributed by atoms with Crippen LogP contribution in [0.4, 0.5) is 13.2 Å². The first-order chi connectivity index (χ1) is 17.4. The van der Waals surface area contributed by atoms with E-state index < -0.39 is 55.2 Å². The van der Waals surface area contributed by atoms with Gasteiger partial charge in [0.15, 0.2) is 9.84 Å². The minimum Gasteiger partial charge on any atom is -0.374 e. The van der Waals surface area contributed by atoms with E-state index in [1.807, 2.05) is 0 Å². The van der Waals surface area contributed by atoms with Crippen molar-refractivity contribution >= 4 is 15.7 Å². The molecule has 3 saturated carbocycles. The number of alkyl halides is 3. The summed E-state index contributed by atoms with van der Waals surface area (Å²) in [4.78, 5) is 12.3. The number of aryl methyl sites for hydroxylation is 1. The molecular formula is C25H27F3N4O4S. The lowest BCUT2D eigenvalue weighted by Crippen LogP contribution is -2.43. The van der Waals surface area contributed by atoms with Gasteiger partial charge in [0.05, 0.1) is 46.1 Å². The van der Waals surface area contributed by atoms with Crippen molar-refractivity contribution < 1.29 is 31.1 Å². The Hall–Kier alpha value is -2.91. The molecule has 1 N–H and O–H groups in total. The Morgan fingerprint density at radius 3 is 2.51 bits per heavy atom. The fourth-order valence-electron chi connectivity index (χ4n) is 5.04. The number of halogens is 3. The predicted octanol–water partition coefficient (Wildman–Crippen LogP) is 3.77. The molecule has 8 nitrogen and oxygen atoms in total. The number of benzene rings is 1. The number of carbonyl (C=O) groups is 1. The third-order valence-corrected chi connectivity index (χ3v) is 9.84. The normalized spacial score (nSPS) is 25.3. The summed E-state index contributed by atoms with van der Waals surface area (Å²) in [5.74, 6) is -1.35. The van der Waals surface area contributed by atoms with Gasteiger partial charge in [0, 0.05) is 18.8 Å². The Balaban J connectivity index is 1.46. The number of nitrogens with zero attached hydrogens (tertiary/aromatic N) is 3. The Labute approximate surface area is 212 Å². The van der Waals surface area contributed by atoms with E-state index in [-0.39, 0.29) is 24.5 Å². The highest BCUT2D eigenvalue weighted by atomic mass is 32.2. The van der Waals surface area contributed by atoms with Gasteiger partial charge in [-0.05, 0) is 62.6 Å². The molecule has 1 aromatic heterocycles. The molecule has 1 aromatic carbocycles. The molecule has 37 heavy (non-hydrogen) atoms. The lowest BCUT2D eigenvalue weighted by atomic mass is 9.95. The Morgan fingerprint density at radius 2 is 1.97 bits per heavy atom. The Bertz CT molecular complexity index is 1360. The smallest absolute Gasteiger partial charge is 0.374 e. The topological polar surface area (TPSA) is 114 Å². The third-order valence-electron chi connectivity index (χ3n) is 7.61. The van der Waals surface area contributed by atoms with Crippen molar-refractivity contribution in [1.82, 2.24) is 15.1 Å². The second-order valence-corrected chi connectivity index (χ2v) is 12.5. The Morgan fingerprint density at radius 1 is 1.24 bits per heavy atom. The van der Waals surface area contributed by atoms with Gasteiger partial charge < -0.3 is 10.1 Å². The number of amides is 1. The van der Waals surface area contributed by atoms with Crippen molar-refractivity contribution in [2.75, 3.05) is 0 Å². The number of hydrogen-bond donors (Lipinski definition) is 1. The van der Waals surface area contributed by atoms with Gasteiger partial charge in [-0.25, -0.2) is 8.42 Å². The van der Waals surface area contributed by atoms with Gasteiger partial charge in [-0.15, -0.1) is 0 Å². The summed E-state index contributed by atoms with van der Waals surface area (Å²) in [7, 11) is -2.84. The first-order valence-electron chi connectivity index (χ1n) is 12.2. The number of nitrogens with one attached hydrogen (secondary N) is 1. The summed E-state index contributed by atoms with van der Waals surface area (Å²) in [6.45, 7) is 0. The molecule has 3 atom stereocenters. The van der Waals surface area contributed by atoms with Gasteiger partial charge >= 0.3 is 6.18 Å². The van der Waals surface area contributed by atoms with Crippen LogP contribution in [-0.4, -0.2) is 47.1 Å². The maximum Gasteiger partial charge on any atom is 0.417 e. The quantitative estimate of drug-likeness (QED) is 0.576. The average molecular weight is 537 g/mol. The minimum absolute atomic E-state index is 0.0852. The Kier molecular flexibility index (Phi) is 6.35. The van der Waals surface area contributed by atoms with E-state index in [0.29, 0.717) is 18.4 Å². The summed E-state index contributed by atoms with van der Waals surface area (Å²) in [6.07, 6.45) is 0.491. The van der Waals surface area contributed by atoms with E-state index in [1.165, 1.54) is 16.9 Å². The summed E-state index contributed by atoms with van der Waals surface area (Å²) >= 11 is 0. The minimum atomic E-state index is -4.91. The van der Waals surface area contributed by atoms with Gasteiger partial charge in [0.2, 0.25) is 5.91 Å². The number of carbonyl (C=O) groups excluding carboxylic acids is 1. The highest BCUT2D eigenvalue weighted by Crippen LogP contribution is 2.44. The summed E-state index contributed by atoms with van der Waals surface area (Å²) in [6, 6.07) is 5.23. The van der Waals surface area contributed by atoms with Crippen molar-refractivity contribution in [3.05, 3.63) is 36.2 Å². The second-order valence-electron chi connectivity index (χ2n) is 10.3. The molecule has 198 valence electrons. The van der Waals surface area contributed by atoms with E-state index in [1.54, 1.807) is 13.2 Å². The molecule has 0 unspecified atom stereocenters. The maximum absolute atomic E-state index is 14.1. The first kappa shape index (κ1) is 25.7. The van der Waals surface area contributed by atoms with Crippen LogP contribution in [0.5, 0.6) is 0 Å². The van der Waals surface area contributed by atoms with E-state index in [2.05, 4.69) is 16.5 Å². The van der Waals surface area contributed by atoms with Gasteiger partial charge in [0.25, 0.3) is 0 Å². The number of rotatable bonds is 7. The van der Waals surface area contributed by atoms with Crippen molar-refractivity contribution in [2.45, 2.75) is 79.0 Å². The number of nitriles is 1. The fraction of sp³-hybridized carbons (Fsp3) is 0.560. The monoisotopic (exact) mass is 536 g/mol. The highest BCUT2D eigenvalue weighted by molar-refractivity contribution is 7.92. The summed E-state index contributed by atoms with van der Waals surface area (Å²) in [5, 5.41) is 14.8. The molecule has 3 aliphatic carbocycles. The molecule has 12 heteroatoms. The van der Waals surface area contributed by atoms with E-state index in [9.17, 15) is 31.6 Å². The zero-order valence-corrected chi connectivity index (χ0v) is 21.0. The molecule has 1 heterocycles. The molecule has 0 radical (unpaired) electrons. The maximum atomic E-state index is 14.1. The summed E-state index contributed by atoms with van der Waals surface area (Å²) in [5.41, 5.74) is -1.57. The van der Waals surface area contributed by atoms with Gasteiger partial charge in [-0.3, -0.25) is 9.48 Å². The van der Waals surface area contributed by atoms with Crippen LogP contribution < -0.4 is 5.32 Å². The van der Waals surface area contributed by atoms with Crippen molar-refractivity contribution in [3.8, 4) is 17.2 Å². The van der Waals surface area contributed by atoms with E-state index in [0.717, 1.165) is 31.4 Å². The molecule has 3 fully saturated rings. The lowest BCUT2D eigenvalue weighted by molar-refractivity contribution is -0.140. The second kappa shape index (κ2) is 9.13. The first-order valence-corrected chi connectivity index (χ1v) is 13.8. The zero-order chi connectivity index (χ0) is 26.6.